The zero-order chi connectivity index (χ0) is 20.1. The van der Waals surface area contributed by atoms with Gasteiger partial charge in [0.25, 0.3) is 0 Å². The van der Waals surface area contributed by atoms with Crippen LogP contribution in [0.1, 0.15) is 25.0 Å². The molecule has 1 radical (unpaired) electrons. The minimum Gasteiger partial charge on any atom is -0.493 e. The summed E-state index contributed by atoms with van der Waals surface area (Å²) in [6.45, 7) is 4.51. The summed E-state index contributed by atoms with van der Waals surface area (Å²) < 4.78 is 31.8. The van der Waals surface area contributed by atoms with Crippen molar-refractivity contribution in [1.82, 2.24) is 5.32 Å². The van der Waals surface area contributed by atoms with Gasteiger partial charge in [0.1, 0.15) is 11.1 Å². The number of nitrogens with one attached hydrogen (secondary N) is 1. The summed E-state index contributed by atoms with van der Waals surface area (Å²) in [5.74, 6) is 0.620. The van der Waals surface area contributed by atoms with Crippen molar-refractivity contribution in [2.24, 2.45) is 5.92 Å². The number of hydrogen-bond acceptors (Lipinski definition) is 5. The third-order valence-corrected chi connectivity index (χ3v) is 7.22. The second-order valence-electron chi connectivity index (χ2n) is 7.48. The highest BCUT2D eigenvalue weighted by atomic mass is 32.2. The molecule has 1 aliphatic rings. The molecule has 2 N–H and O–H groups in total. The number of benzene rings is 2. The van der Waals surface area contributed by atoms with Gasteiger partial charge in [-0.25, -0.2) is 8.42 Å². The van der Waals surface area contributed by atoms with Gasteiger partial charge in [-0.2, -0.15) is 0 Å². The highest BCUT2D eigenvalue weighted by Crippen LogP contribution is 2.29. The fourth-order valence-electron chi connectivity index (χ4n) is 3.40. The number of rotatable bonds is 9. The van der Waals surface area contributed by atoms with Crippen LogP contribution in [0.15, 0.2) is 53.4 Å². The fraction of sp³-hybridized carbons (Fsp3) is 0.409. The summed E-state index contributed by atoms with van der Waals surface area (Å²) >= 11 is 0. The number of sulfone groups is 1. The minimum atomic E-state index is -3.58. The molecule has 0 saturated heterocycles. The summed E-state index contributed by atoms with van der Waals surface area (Å²) in [7, 11) is -3.58. The molecule has 0 saturated carbocycles. The molecule has 5 nitrogen and oxygen atoms in total. The molecule has 0 aromatic heterocycles. The standard InChI is InChI=1S/C22H28NO4S/c1-16(2)22(23-15-19(24)9-8-17-6-4-3-5-7-17)28(25,26)20-10-11-21-18(14-20)12-13-27-21/h3-7,9-11,14,16,19,22-24H,8,12-13,15H2,1-2H3/t19-,22+/m1/s1. The molecule has 3 rings (SSSR count). The van der Waals surface area contributed by atoms with Crippen molar-refractivity contribution >= 4 is 9.84 Å². The maximum Gasteiger partial charge on any atom is 0.194 e. The van der Waals surface area contributed by atoms with Gasteiger partial charge in [0.05, 0.1) is 17.6 Å². The Bertz CT molecular complexity index is 881. The Kier molecular flexibility index (Phi) is 6.75. The molecule has 2 aromatic carbocycles. The van der Waals surface area contributed by atoms with Crippen LogP contribution in [0, 0.1) is 12.3 Å². The maximum absolute atomic E-state index is 13.2. The summed E-state index contributed by atoms with van der Waals surface area (Å²) in [6.07, 6.45) is 2.42. The lowest BCUT2D eigenvalue weighted by atomic mass is 10.1. The van der Waals surface area contributed by atoms with Crippen molar-refractivity contribution in [3.63, 3.8) is 0 Å². The van der Waals surface area contributed by atoms with E-state index in [1.165, 1.54) is 0 Å². The summed E-state index contributed by atoms with van der Waals surface area (Å²) in [5.41, 5.74) is 2.04. The monoisotopic (exact) mass is 402 g/mol. The lowest BCUT2D eigenvalue weighted by Gasteiger charge is -2.24. The Morgan fingerprint density at radius 3 is 2.64 bits per heavy atom. The Labute approximate surface area is 167 Å². The van der Waals surface area contributed by atoms with Gasteiger partial charge in [-0.3, -0.25) is 5.32 Å². The minimum absolute atomic E-state index is 0.143. The van der Waals surface area contributed by atoms with Crippen LogP contribution in [-0.4, -0.2) is 38.2 Å². The van der Waals surface area contributed by atoms with E-state index in [2.05, 4.69) is 5.32 Å². The van der Waals surface area contributed by atoms with Crippen LogP contribution >= 0.6 is 0 Å². The van der Waals surface area contributed by atoms with E-state index >= 15 is 0 Å². The van der Waals surface area contributed by atoms with E-state index in [1.54, 1.807) is 24.6 Å². The molecule has 28 heavy (non-hydrogen) atoms. The zero-order valence-corrected chi connectivity index (χ0v) is 17.2. The Balaban J connectivity index is 1.64. The molecule has 1 heterocycles. The molecule has 2 atom stereocenters. The summed E-state index contributed by atoms with van der Waals surface area (Å²) in [4.78, 5) is 0.297. The third kappa shape index (κ3) is 4.93. The van der Waals surface area contributed by atoms with Crippen LogP contribution in [0.5, 0.6) is 5.75 Å². The highest BCUT2D eigenvalue weighted by molar-refractivity contribution is 7.92. The van der Waals surface area contributed by atoms with E-state index < -0.39 is 21.3 Å². The van der Waals surface area contributed by atoms with Crippen LogP contribution in [-0.2, 0) is 22.7 Å². The average molecular weight is 403 g/mol. The molecule has 0 spiro atoms. The van der Waals surface area contributed by atoms with Gasteiger partial charge in [-0.15, -0.1) is 0 Å². The first-order chi connectivity index (χ1) is 13.4. The predicted molar refractivity (Wildman–Crippen MR) is 110 cm³/mol. The van der Waals surface area contributed by atoms with Crippen LogP contribution < -0.4 is 10.1 Å². The largest absolute Gasteiger partial charge is 0.493 e. The van der Waals surface area contributed by atoms with Gasteiger partial charge in [0.15, 0.2) is 9.84 Å². The molecule has 0 bridgehead atoms. The van der Waals surface area contributed by atoms with Crippen LogP contribution in [0.2, 0.25) is 0 Å². The quantitative estimate of drug-likeness (QED) is 0.675. The van der Waals surface area contributed by atoms with Crippen molar-refractivity contribution in [3.8, 4) is 5.75 Å². The van der Waals surface area contributed by atoms with E-state index in [-0.39, 0.29) is 12.5 Å². The molecule has 151 valence electrons. The highest BCUT2D eigenvalue weighted by Gasteiger charge is 2.31. The van der Waals surface area contributed by atoms with Crippen molar-refractivity contribution in [1.29, 1.82) is 0 Å². The van der Waals surface area contributed by atoms with Crippen molar-refractivity contribution in [2.75, 3.05) is 13.2 Å². The average Bonchev–Trinajstić information content (AvgIpc) is 3.14. The van der Waals surface area contributed by atoms with Gasteiger partial charge in [0.2, 0.25) is 0 Å². The Hall–Kier alpha value is -1.89. The molecule has 0 aliphatic carbocycles. The topological polar surface area (TPSA) is 75.6 Å². The molecule has 1 aliphatic heterocycles. The van der Waals surface area contributed by atoms with E-state index in [0.717, 1.165) is 23.3 Å². The van der Waals surface area contributed by atoms with Crippen LogP contribution in [0.4, 0.5) is 0 Å². The zero-order valence-electron chi connectivity index (χ0n) is 16.3. The first-order valence-corrected chi connectivity index (χ1v) is 11.2. The molecule has 2 aromatic rings. The van der Waals surface area contributed by atoms with Crippen molar-refractivity contribution < 1.29 is 18.3 Å². The van der Waals surface area contributed by atoms with Gasteiger partial charge < -0.3 is 9.84 Å². The van der Waals surface area contributed by atoms with Crippen LogP contribution in [0.25, 0.3) is 0 Å². The molecular formula is C22H28NO4S. The third-order valence-electron chi connectivity index (χ3n) is 4.93. The van der Waals surface area contributed by atoms with Crippen molar-refractivity contribution in [3.05, 3.63) is 66.1 Å². The first-order valence-electron chi connectivity index (χ1n) is 9.66. The second-order valence-corrected chi connectivity index (χ2v) is 9.55. The van der Waals surface area contributed by atoms with Crippen LogP contribution in [0.3, 0.4) is 0 Å². The number of aliphatic hydroxyl groups is 1. The summed E-state index contributed by atoms with van der Waals surface area (Å²) in [5, 5.41) is 12.6. The lowest BCUT2D eigenvalue weighted by molar-refractivity contribution is 0.196. The number of aliphatic hydroxyl groups excluding tert-OH is 1. The van der Waals surface area contributed by atoms with E-state index in [0.29, 0.717) is 17.9 Å². The number of hydrogen-bond donors (Lipinski definition) is 2. The predicted octanol–water partition coefficient (Wildman–Crippen LogP) is 2.77. The Morgan fingerprint density at radius 1 is 1.18 bits per heavy atom. The van der Waals surface area contributed by atoms with E-state index in [9.17, 15) is 13.5 Å². The molecule has 0 amide bonds. The molecular weight excluding hydrogens is 374 g/mol. The molecule has 6 heteroatoms. The fourth-order valence-corrected chi connectivity index (χ4v) is 5.29. The molecule has 0 unspecified atom stereocenters. The van der Waals surface area contributed by atoms with Gasteiger partial charge in [-0.05, 0) is 48.1 Å². The van der Waals surface area contributed by atoms with Gasteiger partial charge in [0, 0.05) is 13.0 Å². The number of fused-ring (bicyclic) bond motifs is 1. The van der Waals surface area contributed by atoms with E-state index in [4.69, 9.17) is 4.74 Å². The van der Waals surface area contributed by atoms with Gasteiger partial charge in [-0.1, -0.05) is 44.2 Å². The normalized spacial score (nSPS) is 15.9. The van der Waals surface area contributed by atoms with E-state index in [1.807, 2.05) is 44.2 Å². The maximum atomic E-state index is 13.2. The first kappa shape index (κ1) is 20.8. The molecule has 0 fully saturated rings. The smallest absolute Gasteiger partial charge is 0.194 e. The number of ether oxygens (including phenoxy) is 1. The summed E-state index contributed by atoms with van der Waals surface area (Å²) in [6, 6.07) is 14.9. The SMILES string of the molecule is CC(C)[C@@H](NC[C@H](O)[CH]Cc1ccccc1)S(=O)(=O)c1ccc2c(c1)CCO2. The lowest BCUT2D eigenvalue weighted by Crippen LogP contribution is -2.44. The second kappa shape index (κ2) is 9.07. The van der Waals surface area contributed by atoms with Crippen molar-refractivity contribution in [2.45, 2.75) is 43.1 Å². The Morgan fingerprint density at radius 2 is 1.93 bits per heavy atom. The van der Waals surface area contributed by atoms with Gasteiger partial charge >= 0.3 is 0 Å².